The van der Waals surface area contributed by atoms with Gasteiger partial charge in [0.15, 0.2) is 0 Å². The Balaban J connectivity index is 0. The van der Waals surface area contributed by atoms with Gasteiger partial charge in [0.25, 0.3) is 0 Å². The number of hydrogen-bond acceptors (Lipinski definition) is 0. The summed E-state index contributed by atoms with van der Waals surface area (Å²) < 4.78 is 0. The summed E-state index contributed by atoms with van der Waals surface area (Å²) in [6.45, 7) is 0. The Kier molecular flexibility index (Phi) is 23.1. The molecule has 4 heteroatoms. The summed E-state index contributed by atoms with van der Waals surface area (Å²) in [5.74, 6) is 0. The fraction of sp³-hybridized carbons (Fsp3) is 0. The first-order valence-electron chi connectivity index (χ1n) is 0.535. The molecule has 4 heavy (non-hydrogen) atoms. The van der Waals surface area contributed by atoms with E-state index in [0.29, 0.717) is 0 Å². The van der Waals surface area contributed by atoms with Gasteiger partial charge in [-0.1, -0.05) is 0 Å². The van der Waals surface area contributed by atoms with E-state index in [9.17, 15) is 0 Å². The van der Waals surface area contributed by atoms with E-state index in [1.54, 1.807) is 0 Å². The summed E-state index contributed by atoms with van der Waals surface area (Å²) >= 11 is -0.931. The van der Waals surface area contributed by atoms with Crippen LogP contribution in [0.3, 0.4) is 0 Å². The Morgan fingerprint density at radius 1 is 1.25 bits per heavy atom. The molecule has 0 rings (SSSR count). The molecule has 0 atom stereocenters. The van der Waals surface area contributed by atoms with Crippen LogP contribution in [-0.2, 0) is 15.1 Å². The summed E-state index contributed by atoms with van der Waals surface area (Å²) in [5, 5.41) is 0. The standard InChI is InChI=1S/2ClH.K.Zn/h2*1H;;/q;;;+2/p-2. The Hall–Kier alpha value is 2.84. The van der Waals surface area contributed by atoms with E-state index < -0.39 is 15.1 Å². The molecule has 0 aliphatic carbocycles. The van der Waals surface area contributed by atoms with Crippen LogP contribution in [0.4, 0.5) is 0 Å². The van der Waals surface area contributed by atoms with E-state index in [2.05, 4.69) is 0 Å². The molecule has 0 nitrogen and oxygen atoms in total. The second-order valence-corrected chi connectivity index (χ2v) is 4.72. The van der Waals surface area contributed by atoms with Crippen molar-refractivity contribution in [1.82, 2.24) is 0 Å². The van der Waals surface area contributed by atoms with E-state index in [-0.39, 0.29) is 51.4 Å². The van der Waals surface area contributed by atoms with Crippen LogP contribution in [-0.4, -0.2) is 51.4 Å². The maximum absolute atomic E-state index is 4.95. The molecule has 0 heterocycles. The molecule has 0 aliphatic heterocycles. The number of rotatable bonds is 0. The topological polar surface area (TPSA) is 0 Å². The Morgan fingerprint density at radius 3 is 1.25 bits per heavy atom. The summed E-state index contributed by atoms with van der Waals surface area (Å²) in [5.41, 5.74) is 0. The zero-order chi connectivity index (χ0) is 2.71. The first-order chi connectivity index (χ1) is 1.41. The van der Waals surface area contributed by atoms with E-state index in [1.165, 1.54) is 0 Å². The molecule has 0 aliphatic rings. The van der Waals surface area contributed by atoms with Crippen molar-refractivity contribution in [2.75, 3.05) is 0 Å². The molecule has 1 radical (unpaired) electrons. The first kappa shape index (κ1) is 9.96. The van der Waals surface area contributed by atoms with Crippen molar-refractivity contribution in [3.8, 4) is 0 Å². The van der Waals surface area contributed by atoms with Gasteiger partial charge in [-0.15, -0.1) is 0 Å². The van der Waals surface area contributed by atoms with Crippen LogP contribution in [0.1, 0.15) is 0 Å². The van der Waals surface area contributed by atoms with Crippen LogP contribution in [0.5, 0.6) is 0 Å². The van der Waals surface area contributed by atoms with Crippen molar-refractivity contribution >= 4 is 70.8 Å². The predicted octanol–water partition coefficient (Wildman–Crippen LogP) is 0.996. The number of hydrogen-bond donors (Lipinski definition) is 0. The summed E-state index contributed by atoms with van der Waals surface area (Å²) in [6, 6.07) is 0. The predicted molar refractivity (Wildman–Crippen MR) is 17.5 cm³/mol. The third-order valence-electron chi connectivity index (χ3n) is 0. The van der Waals surface area contributed by atoms with Gasteiger partial charge in [0.2, 0.25) is 0 Å². The zero-order valence-electron chi connectivity index (χ0n) is 2.46. The average Bonchev–Trinajstić information content (AvgIpc) is 0.918. The van der Waals surface area contributed by atoms with Crippen LogP contribution in [0.2, 0.25) is 0 Å². The number of halogens is 2. The van der Waals surface area contributed by atoms with Gasteiger partial charge in [-0.05, 0) is 0 Å². The van der Waals surface area contributed by atoms with Gasteiger partial charge in [0.05, 0.1) is 0 Å². The summed E-state index contributed by atoms with van der Waals surface area (Å²) in [4.78, 5) is 0. The van der Waals surface area contributed by atoms with Gasteiger partial charge >= 0.3 is 34.5 Å². The minimum absolute atomic E-state index is 0. The molecule has 0 fully saturated rings. The van der Waals surface area contributed by atoms with E-state index in [0.717, 1.165) is 0 Å². The van der Waals surface area contributed by atoms with Gasteiger partial charge in [-0.25, -0.2) is 0 Å². The SMILES string of the molecule is [Cl][Zn][Cl].[K]. The molecular formula is Cl2KZn. The third kappa shape index (κ3) is 8.85. The van der Waals surface area contributed by atoms with Crippen LogP contribution in [0.15, 0.2) is 0 Å². The quantitative estimate of drug-likeness (QED) is 0.482. The van der Waals surface area contributed by atoms with Gasteiger partial charge < -0.3 is 0 Å². The maximum atomic E-state index is 4.95. The second-order valence-electron chi connectivity index (χ2n) is 0.101. The molecule has 0 unspecified atom stereocenters. The molecule has 0 N–H and O–H groups in total. The van der Waals surface area contributed by atoms with Crippen molar-refractivity contribution in [3.63, 3.8) is 0 Å². The Morgan fingerprint density at radius 2 is 1.25 bits per heavy atom. The minimum Gasteiger partial charge on any atom is 0 e. The average molecular weight is 175 g/mol. The van der Waals surface area contributed by atoms with Crippen LogP contribution >= 0.6 is 19.4 Å². The van der Waals surface area contributed by atoms with Crippen molar-refractivity contribution < 1.29 is 15.1 Å². The van der Waals surface area contributed by atoms with Crippen molar-refractivity contribution in [2.45, 2.75) is 0 Å². The van der Waals surface area contributed by atoms with Gasteiger partial charge in [-0.3, -0.25) is 0 Å². The summed E-state index contributed by atoms with van der Waals surface area (Å²) in [6.07, 6.45) is 0. The third-order valence-corrected chi connectivity index (χ3v) is 0. The molecule has 0 aromatic carbocycles. The van der Waals surface area contributed by atoms with Gasteiger partial charge in [0.1, 0.15) is 0 Å². The fourth-order valence-electron chi connectivity index (χ4n) is 0. The monoisotopic (exact) mass is 173 g/mol. The fourth-order valence-corrected chi connectivity index (χ4v) is 0. The molecule has 17 valence electrons. The first-order valence-corrected chi connectivity index (χ1v) is 8.33. The smallest absolute Gasteiger partial charge is 0 e. The van der Waals surface area contributed by atoms with Crippen molar-refractivity contribution in [2.24, 2.45) is 0 Å². The van der Waals surface area contributed by atoms with Crippen molar-refractivity contribution in [3.05, 3.63) is 0 Å². The van der Waals surface area contributed by atoms with E-state index in [4.69, 9.17) is 19.4 Å². The van der Waals surface area contributed by atoms with E-state index in [1.807, 2.05) is 0 Å². The zero-order valence-corrected chi connectivity index (χ0v) is 10.1. The van der Waals surface area contributed by atoms with Crippen LogP contribution < -0.4 is 0 Å². The molecule has 0 saturated heterocycles. The van der Waals surface area contributed by atoms with Gasteiger partial charge in [0, 0.05) is 51.4 Å². The van der Waals surface area contributed by atoms with Gasteiger partial charge in [-0.2, -0.15) is 0 Å². The molecule has 0 aromatic rings. The molecule has 0 amide bonds. The van der Waals surface area contributed by atoms with Crippen LogP contribution in [0.25, 0.3) is 0 Å². The molecule has 0 spiro atoms. The molecule has 0 saturated carbocycles. The summed E-state index contributed by atoms with van der Waals surface area (Å²) in [7, 11) is 9.90. The van der Waals surface area contributed by atoms with E-state index >= 15 is 0 Å². The Bertz CT molecular complexity index is 6.00. The molecular weight excluding hydrogens is 175 g/mol. The van der Waals surface area contributed by atoms with Crippen molar-refractivity contribution in [1.29, 1.82) is 0 Å². The maximum Gasteiger partial charge on any atom is 0 e. The largest absolute Gasteiger partial charge is 0 e. The molecule has 0 bridgehead atoms. The minimum atomic E-state index is -0.931. The second kappa shape index (κ2) is 9.28. The molecule has 0 aromatic heterocycles. The normalized spacial score (nSPS) is 2.50. The Labute approximate surface area is 83.7 Å². The van der Waals surface area contributed by atoms with Crippen LogP contribution in [0, 0.1) is 0 Å².